The number of hydrogen-bond acceptors (Lipinski definition) is 6. The van der Waals surface area contributed by atoms with Crippen molar-refractivity contribution in [2.45, 2.75) is 37.6 Å². The van der Waals surface area contributed by atoms with E-state index in [4.69, 9.17) is 4.74 Å². The number of ether oxygens (including phenoxy) is 1. The van der Waals surface area contributed by atoms with E-state index in [2.05, 4.69) is 26.1 Å². The van der Waals surface area contributed by atoms with Gasteiger partial charge in [0.05, 0.1) is 10.6 Å². The Morgan fingerprint density at radius 1 is 1.09 bits per heavy atom. The maximum atomic E-state index is 5.51. The summed E-state index contributed by atoms with van der Waals surface area (Å²) >= 11 is 1.85. The molecule has 2 atom stereocenters. The van der Waals surface area contributed by atoms with Crippen LogP contribution in [-0.2, 0) is 4.74 Å². The van der Waals surface area contributed by atoms with Gasteiger partial charge >= 0.3 is 0 Å². The minimum atomic E-state index is 0.767. The third kappa shape index (κ3) is 3.40. The highest BCUT2D eigenvalue weighted by atomic mass is 32.2. The molecule has 0 saturated carbocycles. The fourth-order valence-corrected chi connectivity index (χ4v) is 5.30. The summed E-state index contributed by atoms with van der Waals surface area (Å²) in [6, 6.07) is 0.767. The summed E-state index contributed by atoms with van der Waals surface area (Å²) in [6.07, 6.45) is 4.42. The van der Waals surface area contributed by atoms with Crippen molar-refractivity contribution in [2.24, 2.45) is 11.8 Å². The maximum absolute atomic E-state index is 5.51. The quantitative estimate of drug-likeness (QED) is 0.789. The lowest BCUT2D eigenvalue weighted by Gasteiger charge is -2.32. The Morgan fingerprint density at radius 2 is 1.78 bits per heavy atom. The summed E-state index contributed by atoms with van der Waals surface area (Å²) in [5, 5.41) is 0. The first kappa shape index (κ1) is 15.8. The summed E-state index contributed by atoms with van der Waals surface area (Å²) < 4.78 is 8.03. The topological polar surface area (TPSA) is 41.5 Å². The van der Waals surface area contributed by atoms with E-state index in [9.17, 15) is 0 Å². The second kappa shape index (κ2) is 6.67. The van der Waals surface area contributed by atoms with Gasteiger partial charge in [0.25, 0.3) is 0 Å². The number of nitrogens with zero attached hydrogens (tertiary/aromatic N) is 4. The first-order valence-corrected chi connectivity index (χ1v) is 9.51. The zero-order valence-electron chi connectivity index (χ0n) is 14.1. The molecule has 1 aromatic heterocycles. The Bertz CT molecular complexity index is 550. The Morgan fingerprint density at radius 3 is 2.43 bits per heavy atom. The fraction of sp³-hybridized carbons (Fsp3) is 0.765. The van der Waals surface area contributed by atoms with Crippen LogP contribution < -0.4 is 0 Å². The van der Waals surface area contributed by atoms with E-state index in [-0.39, 0.29) is 0 Å². The van der Waals surface area contributed by atoms with Gasteiger partial charge in [-0.2, -0.15) is 0 Å². The van der Waals surface area contributed by atoms with Crippen molar-refractivity contribution in [3.05, 3.63) is 17.7 Å². The largest absolute Gasteiger partial charge is 0.381 e. The average molecular weight is 334 g/mol. The van der Waals surface area contributed by atoms with Gasteiger partial charge in [0, 0.05) is 51.6 Å². The number of likely N-dealkylation sites (tertiary alicyclic amines) is 1. The van der Waals surface area contributed by atoms with Gasteiger partial charge in [-0.25, -0.2) is 14.3 Å². The molecule has 3 saturated heterocycles. The lowest BCUT2D eigenvalue weighted by atomic mass is 10.0. The molecule has 0 N–H and O–H groups in total. The van der Waals surface area contributed by atoms with Crippen molar-refractivity contribution in [3.8, 4) is 0 Å². The van der Waals surface area contributed by atoms with Crippen molar-refractivity contribution in [3.63, 3.8) is 0 Å². The molecule has 0 aromatic carbocycles. The standard InChI is InChI=1S/C17H26N4OS/c1-12-17(7-18-13(2)19-12)23-21-10-14-8-20(9-15(14)11-21)16-3-5-22-6-4-16/h7,14-16H,3-6,8-11H2,1-2H3. The number of aromatic nitrogens is 2. The third-order valence-corrected chi connectivity index (χ3v) is 6.62. The van der Waals surface area contributed by atoms with Crippen LogP contribution in [0.15, 0.2) is 11.1 Å². The van der Waals surface area contributed by atoms with E-state index in [0.717, 1.165) is 42.6 Å². The minimum absolute atomic E-state index is 0.767. The van der Waals surface area contributed by atoms with Gasteiger partial charge in [0.2, 0.25) is 0 Å². The van der Waals surface area contributed by atoms with E-state index in [0.29, 0.717) is 0 Å². The molecule has 4 heterocycles. The van der Waals surface area contributed by atoms with Crippen LogP contribution in [0.25, 0.3) is 0 Å². The number of fused-ring (bicyclic) bond motifs is 1. The summed E-state index contributed by atoms with van der Waals surface area (Å²) in [5.74, 6) is 2.52. The highest BCUT2D eigenvalue weighted by Crippen LogP contribution is 2.38. The smallest absolute Gasteiger partial charge is 0.125 e. The molecule has 0 amide bonds. The van der Waals surface area contributed by atoms with Crippen LogP contribution in [0.1, 0.15) is 24.4 Å². The fourth-order valence-electron chi connectivity index (χ4n) is 4.21. The van der Waals surface area contributed by atoms with E-state index in [1.807, 2.05) is 25.1 Å². The van der Waals surface area contributed by atoms with E-state index in [1.54, 1.807) is 0 Å². The lowest BCUT2D eigenvalue weighted by Crippen LogP contribution is -2.39. The number of rotatable bonds is 3. The lowest BCUT2D eigenvalue weighted by molar-refractivity contribution is 0.0394. The monoisotopic (exact) mass is 334 g/mol. The first-order valence-electron chi connectivity index (χ1n) is 8.74. The van der Waals surface area contributed by atoms with Gasteiger partial charge in [-0.15, -0.1) is 0 Å². The van der Waals surface area contributed by atoms with Gasteiger partial charge in [-0.3, -0.25) is 4.90 Å². The van der Waals surface area contributed by atoms with E-state index < -0.39 is 0 Å². The molecule has 0 spiro atoms. The summed E-state index contributed by atoms with van der Waals surface area (Å²) in [6.45, 7) is 10.9. The van der Waals surface area contributed by atoms with Gasteiger partial charge in [-0.1, -0.05) is 0 Å². The molecule has 2 unspecified atom stereocenters. The zero-order valence-corrected chi connectivity index (χ0v) is 14.9. The van der Waals surface area contributed by atoms with Crippen LogP contribution in [0, 0.1) is 25.7 Å². The average Bonchev–Trinajstić information content (AvgIpc) is 3.09. The van der Waals surface area contributed by atoms with Crippen molar-refractivity contribution in [1.82, 2.24) is 19.2 Å². The third-order valence-electron chi connectivity index (χ3n) is 5.47. The molecule has 3 aliphatic rings. The Kier molecular flexibility index (Phi) is 4.58. The summed E-state index contributed by atoms with van der Waals surface area (Å²) in [5.41, 5.74) is 1.10. The molecule has 23 heavy (non-hydrogen) atoms. The zero-order chi connectivity index (χ0) is 15.8. The van der Waals surface area contributed by atoms with Gasteiger partial charge in [0.15, 0.2) is 0 Å². The summed E-state index contributed by atoms with van der Waals surface area (Å²) in [4.78, 5) is 12.8. The molecule has 1 aromatic rings. The molecule has 0 bridgehead atoms. The van der Waals surface area contributed by atoms with Crippen LogP contribution in [0.2, 0.25) is 0 Å². The van der Waals surface area contributed by atoms with Crippen LogP contribution in [0.3, 0.4) is 0 Å². The van der Waals surface area contributed by atoms with Gasteiger partial charge in [-0.05, 0) is 50.5 Å². The van der Waals surface area contributed by atoms with Crippen LogP contribution in [0.4, 0.5) is 0 Å². The van der Waals surface area contributed by atoms with Crippen molar-refractivity contribution >= 4 is 11.9 Å². The van der Waals surface area contributed by atoms with Gasteiger partial charge < -0.3 is 4.74 Å². The van der Waals surface area contributed by atoms with Crippen LogP contribution in [0.5, 0.6) is 0 Å². The van der Waals surface area contributed by atoms with Crippen molar-refractivity contribution in [1.29, 1.82) is 0 Å². The van der Waals surface area contributed by atoms with E-state index in [1.165, 1.54) is 43.9 Å². The predicted octanol–water partition coefficient (Wildman–Crippen LogP) is 2.14. The second-order valence-electron chi connectivity index (χ2n) is 7.12. The highest BCUT2D eigenvalue weighted by Gasteiger charge is 2.42. The molecule has 3 aliphatic heterocycles. The predicted molar refractivity (Wildman–Crippen MR) is 91.3 cm³/mol. The molecule has 6 heteroatoms. The van der Waals surface area contributed by atoms with E-state index >= 15 is 0 Å². The Labute approximate surface area is 142 Å². The number of aryl methyl sites for hydroxylation is 2. The molecule has 4 rings (SSSR count). The van der Waals surface area contributed by atoms with Crippen LogP contribution in [-0.4, -0.2) is 64.6 Å². The highest BCUT2D eigenvalue weighted by molar-refractivity contribution is 7.97. The molecule has 0 aliphatic carbocycles. The molecular weight excluding hydrogens is 308 g/mol. The normalized spacial score (nSPS) is 30.0. The van der Waals surface area contributed by atoms with Crippen molar-refractivity contribution < 1.29 is 4.74 Å². The molecule has 126 valence electrons. The Balaban J connectivity index is 1.33. The number of hydrogen-bond donors (Lipinski definition) is 0. The second-order valence-corrected chi connectivity index (χ2v) is 8.26. The van der Waals surface area contributed by atoms with Crippen LogP contribution >= 0.6 is 11.9 Å². The molecule has 3 fully saturated rings. The minimum Gasteiger partial charge on any atom is -0.381 e. The van der Waals surface area contributed by atoms with Gasteiger partial charge in [0.1, 0.15) is 5.82 Å². The molecular formula is C17H26N4OS. The SMILES string of the molecule is Cc1ncc(SN2CC3CN(C4CCOCC4)CC3C2)c(C)n1. The van der Waals surface area contributed by atoms with Crippen molar-refractivity contribution in [2.75, 3.05) is 39.4 Å². The first-order chi connectivity index (χ1) is 11.2. The molecule has 0 radical (unpaired) electrons. The molecule has 5 nitrogen and oxygen atoms in total. The maximum Gasteiger partial charge on any atom is 0.125 e. The Hall–Kier alpha value is -0.690. The summed E-state index contributed by atoms with van der Waals surface area (Å²) in [7, 11) is 0.